The maximum atomic E-state index is 8.75. The second-order valence-corrected chi connectivity index (χ2v) is 4.82. The first-order valence-corrected chi connectivity index (χ1v) is 6.46. The summed E-state index contributed by atoms with van der Waals surface area (Å²) in [6.45, 7) is 0.811. The van der Waals surface area contributed by atoms with Crippen LogP contribution in [0.2, 0.25) is 10.0 Å². The molecule has 0 aliphatic heterocycles. The molecule has 0 aliphatic carbocycles. The van der Waals surface area contributed by atoms with Crippen LogP contribution >= 0.6 is 23.2 Å². The van der Waals surface area contributed by atoms with Crippen molar-refractivity contribution in [1.82, 2.24) is 0 Å². The predicted molar refractivity (Wildman–Crippen MR) is 76.1 cm³/mol. The lowest BCUT2D eigenvalue weighted by atomic mass is 10.1. The van der Waals surface area contributed by atoms with Gasteiger partial charge in [-0.25, -0.2) is 0 Å². The number of halogens is 2. The summed E-state index contributed by atoms with van der Waals surface area (Å²) in [4.78, 5) is 0. The molecule has 0 saturated carbocycles. The Labute approximate surface area is 122 Å². The van der Waals surface area contributed by atoms with Gasteiger partial charge in [-0.3, -0.25) is 0 Å². The molecule has 2 aromatic carbocycles. The molecule has 0 fully saturated rings. The molecule has 4 heteroatoms. The Morgan fingerprint density at radius 3 is 2.26 bits per heavy atom. The smallest absolute Gasteiger partial charge is 0.0992 e. The average Bonchev–Trinajstić information content (AvgIpc) is 2.42. The first-order valence-electron chi connectivity index (χ1n) is 5.70. The third-order valence-electron chi connectivity index (χ3n) is 2.66. The van der Waals surface area contributed by atoms with E-state index in [1.165, 1.54) is 0 Å². The Balaban J connectivity index is 1.97. The molecule has 0 amide bonds. The van der Waals surface area contributed by atoms with Crippen molar-refractivity contribution < 1.29 is 4.74 Å². The number of ether oxygens (including phenoxy) is 1. The van der Waals surface area contributed by atoms with Crippen LogP contribution in [-0.2, 0) is 18.0 Å². The minimum atomic E-state index is 0.385. The molecule has 0 saturated heterocycles. The van der Waals surface area contributed by atoms with Crippen molar-refractivity contribution in [3.8, 4) is 6.07 Å². The van der Waals surface area contributed by atoms with Crippen LogP contribution in [0.1, 0.15) is 16.7 Å². The van der Waals surface area contributed by atoms with Crippen LogP contribution in [0.4, 0.5) is 0 Å². The van der Waals surface area contributed by atoms with E-state index in [2.05, 4.69) is 0 Å². The first-order chi connectivity index (χ1) is 9.20. The Morgan fingerprint density at radius 1 is 0.947 bits per heavy atom. The second kappa shape index (κ2) is 6.58. The van der Waals surface area contributed by atoms with E-state index < -0.39 is 0 Å². The van der Waals surface area contributed by atoms with Crippen molar-refractivity contribution >= 4 is 23.2 Å². The summed E-state index contributed by atoms with van der Waals surface area (Å²) in [7, 11) is 0. The number of nitriles is 1. The number of hydrogen-bond acceptors (Lipinski definition) is 2. The Kier molecular flexibility index (Phi) is 4.81. The molecule has 2 rings (SSSR count). The van der Waals surface area contributed by atoms with Crippen LogP contribution in [0.15, 0.2) is 42.5 Å². The van der Waals surface area contributed by atoms with E-state index in [1.807, 2.05) is 30.3 Å². The molecule has 2 aromatic rings. The lowest BCUT2D eigenvalue weighted by Crippen LogP contribution is -1.96. The zero-order chi connectivity index (χ0) is 13.7. The third kappa shape index (κ3) is 3.71. The van der Waals surface area contributed by atoms with Crippen molar-refractivity contribution in [2.45, 2.75) is 13.2 Å². The molecule has 0 aromatic heterocycles. The van der Waals surface area contributed by atoms with Crippen LogP contribution in [0, 0.1) is 11.3 Å². The Morgan fingerprint density at radius 2 is 1.63 bits per heavy atom. The van der Waals surface area contributed by atoms with Gasteiger partial charge >= 0.3 is 0 Å². The summed E-state index contributed by atoms with van der Waals surface area (Å²) in [5, 5.41) is 9.98. The Bertz CT molecular complexity index is 620. The minimum Gasteiger partial charge on any atom is -0.372 e. The fourth-order valence-electron chi connectivity index (χ4n) is 1.62. The van der Waals surface area contributed by atoms with E-state index in [-0.39, 0.29) is 0 Å². The van der Waals surface area contributed by atoms with Gasteiger partial charge in [-0.1, -0.05) is 47.5 Å². The van der Waals surface area contributed by atoms with Gasteiger partial charge < -0.3 is 4.74 Å². The minimum absolute atomic E-state index is 0.385. The van der Waals surface area contributed by atoms with Gasteiger partial charge in [-0.05, 0) is 29.3 Å². The molecule has 0 N–H and O–H groups in total. The quantitative estimate of drug-likeness (QED) is 0.826. The number of benzene rings is 2. The van der Waals surface area contributed by atoms with Gasteiger partial charge in [0, 0.05) is 10.0 Å². The van der Waals surface area contributed by atoms with Crippen LogP contribution < -0.4 is 0 Å². The molecule has 2 nitrogen and oxygen atoms in total. The third-order valence-corrected chi connectivity index (χ3v) is 3.38. The van der Waals surface area contributed by atoms with Crippen molar-refractivity contribution in [2.75, 3.05) is 0 Å². The topological polar surface area (TPSA) is 33.0 Å². The summed E-state index contributed by atoms with van der Waals surface area (Å²) in [6.07, 6.45) is 0. The molecule has 0 unspecified atom stereocenters. The highest BCUT2D eigenvalue weighted by molar-refractivity contribution is 6.31. The van der Waals surface area contributed by atoms with E-state index in [0.717, 1.165) is 11.1 Å². The lowest BCUT2D eigenvalue weighted by molar-refractivity contribution is 0.107. The maximum Gasteiger partial charge on any atom is 0.0992 e. The van der Waals surface area contributed by atoms with Gasteiger partial charge in [0.25, 0.3) is 0 Å². The van der Waals surface area contributed by atoms with Crippen molar-refractivity contribution in [3.05, 3.63) is 69.2 Å². The number of rotatable bonds is 4. The van der Waals surface area contributed by atoms with E-state index >= 15 is 0 Å². The first kappa shape index (κ1) is 13.9. The van der Waals surface area contributed by atoms with Crippen LogP contribution in [0.3, 0.4) is 0 Å². The van der Waals surface area contributed by atoms with Crippen LogP contribution in [-0.4, -0.2) is 0 Å². The average molecular weight is 292 g/mol. The fourth-order valence-corrected chi connectivity index (χ4v) is 2.05. The zero-order valence-corrected chi connectivity index (χ0v) is 11.6. The molecule has 0 spiro atoms. The number of nitrogens with zero attached hydrogens (tertiary/aromatic N) is 1. The van der Waals surface area contributed by atoms with Crippen LogP contribution in [0.5, 0.6) is 0 Å². The molecule has 0 radical (unpaired) electrons. The van der Waals surface area contributed by atoms with Gasteiger partial charge in [-0.15, -0.1) is 0 Å². The van der Waals surface area contributed by atoms with Gasteiger partial charge in [-0.2, -0.15) is 5.26 Å². The maximum absolute atomic E-state index is 8.75. The van der Waals surface area contributed by atoms with Gasteiger partial charge in [0.15, 0.2) is 0 Å². The predicted octanol–water partition coefficient (Wildman–Crippen LogP) is 4.58. The number of hydrogen-bond donors (Lipinski definition) is 0. The highest BCUT2D eigenvalue weighted by atomic mass is 35.5. The molecule has 0 atom stereocenters. The SMILES string of the molecule is N#Cc1ccc(COCc2ccccc2Cl)c(Cl)c1. The van der Waals surface area contributed by atoms with Crippen LogP contribution in [0.25, 0.3) is 0 Å². The normalized spacial score (nSPS) is 10.2. The molecular formula is C15H11Cl2NO. The fraction of sp³-hybridized carbons (Fsp3) is 0.133. The molecule has 0 bridgehead atoms. The van der Waals surface area contributed by atoms with E-state index in [9.17, 15) is 0 Å². The van der Waals surface area contributed by atoms with E-state index in [4.69, 9.17) is 33.2 Å². The lowest BCUT2D eigenvalue weighted by Gasteiger charge is -2.07. The van der Waals surface area contributed by atoms with E-state index in [1.54, 1.807) is 18.2 Å². The van der Waals surface area contributed by atoms with Crippen molar-refractivity contribution in [1.29, 1.82) is 5.26 Å². The zero-order valence-electron chi connectivity index (χ0n) is 10.1. The summed E-state index contributed by atoms with van der Waals surface area (Å²) in [6, 6.07) is 14.7. The summed E-state index contributed by atoms with van der Waals surface area (Å²) in [5.74, 6) is 0. The Hall–Kier alpha value is -1.53. The second-order valence-electron chi connectivity index (χ2n) is 4.00. The summed E-state index contributed by atoms with van der Waals surface area (Å²) in [5.41, 5.74) is 2.33. The molecule has 19 heavy (non-hydrogen) atoms. The van der Waals surface area contributed by atoms with Gasteiger partial charge in [0.2, 0.25) is 0 Å². The van der Waals surface area contributed by atoms with Crippen molar-refractivity contribution in [2.24, 2.45) is 0 Å². The van der Waals surface area contributed by atoms with E-state index in [0.29, 0.717) is 28.8 Å². The van der Waals surface area contributed by atoms with Gasteiger partial charge in [0.1, 0.15) is 0 Å². The van der Waals surface area contributed by atoms with Crippen molar-refractivity contribution in [3.63, 3.8) is 0 Å². The molecule has 0 heterocycles. The molecule has 96 valence electrons. The molecular weight excluding hydrogens is 281 g/mol. The summed E-state index contributed by atoms with van der Waals surface area (Å²) < 4.78 is 5.59. The largest absolute Gasteiger partial charge is 0.372 e. The highest BCUT2D eigenvalue weighted by Gasteiger charge is 2.03. The highest BCUT2D eigenvalue weighted by Crippen LogP contribution is 2.20. The monoisotopic (exact) mass is 291 g/mol. The molecule has 0 aliphatic rings. The van der Waals surface area contributed by atoms with Gasteiger partial charge in [0.05, 0.1) is 24.8 Å². The summed E-state index contributed by atoms with van der Waals surface area (Å²) >= 11 is 12.1. The standard InChI is InChI=1S/C15H11Cl2NO/c16-14-4-2-1-3-12(14)9-19-10-13-6-5-11(8-18)7-15(13)17/h1-7H,9-10H2.